The minimum Gasteiger partial charge on any atom is -0.496 e. The lowest BCUT2D eigenvalue weighted by atomic mass is 10.2. The van der Waals surface area contributed by atoms with E-state index in [1.807, 2.05) is 0 Å². The average molecular weight is 334 g/mol. The molecule has 0 atom stereocenters. The highest BCUT2D eigenvalue weighted by Crippen LogP contribution is 2.26. The Labute approximate surface area is 134 Å². The molecule has 0 heterocycles. The van der Waals surface area contributed by atoms with Crippen molar-refractivity contribution in [1.29, 1.82) is 5.26 Å². The Hall–Kier alpha value is -2.29. The van der Waals surface area contributed by atoms with E-state index in [0.29, 0.717) is 16.3 Å². The molecular formula is C16H12ClNO3S. The van der Waals surface area contributed by atoms with Gasteiger partial charge >= 0.3 is 0 Å². The number of ether oxygens (including phenoxy) is 1. The summed E-state index contributed by atoms with van der Waals surface area (Å²) < 4.78 is 30.2. The summed E-state index contributed by atoms with van der Waals surface area (Å²) in [6.07, 6.45) is 1.29. The van der Waals surface area contributed by atoms with Gasteiger partial charge in [-0.25, -0.2) is 8.42 Å². The molecule has 0 saturated heterocycles. The van der Waals surface area contributed by atoms with Gasteiger partial charge in [-0.2, -0.15) is 5.26 Å². The molecule has 4 nitrogen and oxygen atoms in total. The maximum absolute atomic E-state index is 12.5. The van der Waals surface area contributed by atoms with Crippen LogP contribution >= 0.6 is 11.6 Å². The molecule has 2 rings (SSSR count). The lowest BCUT2D eigenvalue weighted by Gasteiger charge is -2.06. The molecule has 0 aliphatic rings. The molecule has 0 bridgehead atoms. The fourth-order valence-electron chi connectivity index (χ4n) is 1.84. The Balaban J connectivity index is 2.54. The molecule has 0 aliphatic heterocycles. The van der Waals surface area contributed by atoms with Crippen LogP contribution in [-0.4, -0.2) is 15.5 Å². The molecule has 0 unspecified atom stereocenters. The summed E-state index contributed by atoms with van der Waals surface area (Å²) in [5, 5.41) is 9.66. The van der Waals surface area contributed by atoms with E-state index < -0.39 is 9.84 Å². The van der Waals surface area contributed by atoms with Crippen molar-refractivity contribution in [3.8, 4) is 11.8 Å². The van der Waals surface area contributed by atoms with Gasteiger partial charge in [0.15, 0.2) is 0 Å². The molecule has 2 aromatic rings. The summed E-state index contributed by atoms with van der Waals surface area (Å²) in [7, 11) is -2.43. The minimum absolute atomic E-state index is 0.0135. The molecule has 0 aliphatic carbocycles. The third kappa shape index (κ3) is 3.30. The Morgan fingerprint density at radius 2 is 1.82 bits per heavy atom. The van der Waals surface area contributed by atoms with Gasteiger partial charge < -0.3 is 4.74 Å². The van der Waals surface area contributed by atoms with Crippen LogP contribution in [0, 0.1) is 11.3 Å². The number of methoxy groups -OCH3 is 1. The minimum atomic E-state index is -3.91. The fourth-order valence-corrected chi connectivity index (χ4v) is 3.11. The molecule has 0 aromatic heterocycles. The van der Waals surface area contributed by atoms with Crippen LogP contribution in [0.25, 0.3) is 6.08 Å². The monoisotopic (exact) mass is 333 g/mol. The molecule has 112 valence electrons. The number of benzene rings is 2. The molecule has 0 fully saturated rings. The summed E-state index contributed by atoms with van der Waals surface area (Å²) in [4.78, 5) is -0.348. The number of nitrogens with zero attached hydrogens (tertiary/aromatic N) is 1. The third-order valence-electron chi connectivity index (χ3n) is 2.95. The van der Waals surface area contributed by atoms with Crippen LogP contribution in [0.1, 0.15) is 5.56 Å². The van der Waals surface area contributed by atoms with E-state index in [1.165, 1.54) is 37.5 Å². The number of hydrogen-bond acceptors (Lipinski definition) is 4. The van der Waals surface area contributed by atoms with Gasteiger partial charge in [-0.15, -0.1) is 0 Å². The summed E-state index contributed by atoms with van der Waals surface area (Å²) in [6, 6.07) is 14.3. The SMILES string of the molecule is COc1ccccc1/C=C(/C#N)S(=O)(=O)c1ccc(Cl)cc1. The number of rotatable bonds is 4. The molecule has 0 amide bonds. The molecule has 0 saturated carbocycles. The van der Waals surface area contributed by atoms with Gasteiger partial charge in [0.1, 0.15) is 16.7 Å². The maximum Gasteiger partial charge on any atom is 0.216 e. The Bertz CT molecular complexity index is 850. The number of hydrogen-bond donors (Lipinski definition) is 0. The van der Waals surface area contributed by atoms with Crippen molar-refractivity contribution in [1.82, 2.24) is 0 Å². The fraction of sp³-hybridized carbons (Fsp3) is 0.0625. The van der Waals surface area contributed by atoms with Crippen LogP contribution in [0.4, 0.5) is 0 Å². The molecule has 6 heteroatoms. The number of para-hydroxylation sites is 1. The second-order valence-corrected chi connectivity index (χ2v) is 6.67. The normalized spacial score (nSPS) is 11.8. The maximum atomic E-state index is 12.5. The van der Waals surface area contributed by atoms with Crippen molar-refractivity contribution >= 4 is 27.5 Å². The summed E-state index contributed by atoms with van der Waals surface area (Å²) in [5.74, 6) is 0.488. The average Bonchev–Trinajstić information content (AvgIpc) is 2.53. The van der Waals surface area contributed by atoms with Gasteiger partial charge in [-0.1, -0.05) is 29.8 Å². The first-order valence-electron chi connectivity index (χ1n) is 6.24. The van der Waals surface area contributed by atoms with Crippen LogP contribution < -0.4 is 4.74 Å². The second-order valence-electron chi connectivity index (χ2n) is 4.32. The number of allylic oxidation sites excluding steroid dienone is 1. The summed E-state index contributed by atoms with van der Waals surface area (Å²) >= 11 is 5.75. The first-order valence-corrected chi connectivity index (χ1v) is 8.10. The van der Waals surface area contributed by atoms with Crippen molar-refractivity contribution < 1.29 is 13.2 Å². The summed E-state index contributed by atoms with van der Waals surface area (Å²) in [5.41, 5.74) is 0.513. The van der Waals surface area contributed by atoms with E-state index >= 15 is 0 Å². The molecule has 2 aromatic carbocycles. The Morgan fingerprint density at radius 3 is 2.41 bits per heavy atom. The largest absolute Gasteiger partial charge is 0.496 e. The summed E-state index contributed by atoms with van der Waals surface area (Å²) in [6.45, 7) is 0. The third-order valence-corrected chi connectivity index (χ3v) is 4.88. The van der Waals surface area contributed by atoms with Crippen molar-refractivity contribution in [2.24, 2.45) is 0 Å². The molecular weight excluding hydrogens is 322 g/mol. The molecule has 0 spiro atoms. The van der Waals surface area contributed by atoms with Gasteiger partial charge in [0.05, 0.1) is 12.0 Å². The molecule has 0 N–H and O–H groups in total. The topological polar surface area (TPSA) is 67.2 Å². The zero-order valence-electron chi connectivity index (χ0n) is 11.7. The second kappa shape index (κ2) is 6.65. The quantitative estimate of drug-likeness (QED) is 0.800. The van der Waals surface area contributed by atoms with Crippen LogP contribution in [0.3, 0.4) is 0 Å². The van der Waals surface area contributed by atoms with Gasteiger partial charge in [0.2, 0.25) is 9.84 Å². The van der Waals surface area contributed by atoms with Crippen molar-refractivity contribution in [3.63, 3.8) is 0 Å². The van der Waals surface area contributed by atoms with Crippen LogP contribution in [-0.2, 0) is 9.84 Å². The molecule has 22 heavy (non-hydrogen) atoms. The number of nitriles is 1. The van der Waals surface area contributed by atoms with Gasteiger partial charge in [0, 0.05) is 10.6 Å². The van der Waals surface area contributed by atoms with Crippen LogP contribution in [0.5, 0.6) is 5.75 Å². The lowest BCUT2D eigenvalue weighted by Crippen LogP contribution is -2.03. The zero-order valence-corrected chi connectivity index (χ0v) is 13.2. The smallest absolute Gasteiger partial charge is 0.216 e. The zero-order chi connectivity index (χ0) is 16.2. The highest BCUT2D eigenvalue weighted by Gasteiger charge is 2.21. The number of halogens is 1. The standard InChI is InChI=1S/C16H12ClNO3S/c1-21-16-5-3-2-4-12(16)10-15(11-18)22(19,20)14-8-6-13(17)7-9-14/h2-10H,1H3/b15-10-. The van der Waals surface area contributed by atoms with Crippen molar-refractivity contribution in [2.45, 2.75) is 4.90 Å². The first kappa shape index (κ1) is 16.1. The van der Waals surface area contributed by atoms with Crippen molar-refractivity contribution in [2.75, 3.05) is 7.11 Å². The van der Waals surface area contributed by atoms with E-state index in [-0.39, 0.29) is 9.80 Å². The highest BCUT2D eigenvalue weighted by molar-refractivity contribution is 7.95. The van der Waals surface area contributed by atoms with E-state index in [2.05, 4.69) is 0 Å². The first-order chi connectivity index (χ1) is 10.5. The van der Waals surface area contributed by atoms with Gasteiger partial charge in [0.25, 0.3) is 0 Å². The van der Waals surface area contributed by atoms with Crippen LogP contribution in [0.15, 0.2) is 58.3 Å². The van der Waals surface area contributed by atoms with E-state index in [0.717, 1.165) is 0 Å². The van der Waals surface area contributed by atoms with E-state index in [1.54, 1.807) is 30.3 Å². The van der Waals surface area contributed by atoms with Gasteiger partial charge in [-0.3, -0.25) is 0 Å². The predicted octanol–water partition coefficient (Wildman–Crippen LogP) is 3.69. The highest BCUT2D eigenvalue weighted by atomic mass is 35.5. The Kier molecular flexibility index (Phi) is 4.86. The Morgan fingerprint density at radius 1 is 1.18 bits per heavy atom. The van der Waals surface area contributed by atoms with Crippen LogP contribution in [0.2, 0.25) is 5.02 Å². The van der Waals surface area contributed by atoms with Gasteiger partial charge in [-0.05, 0) is 36.4 Å². The van der Waals surface area contributed by atoms with Crippen molar-refractivity contribution in [3.05, 3.63) is 64.0 Å². The molecule has 0 radical (unpaired) electrons. The van der Waals surface area contributed by atoms with E-state index in [4.69, 9.17) is 16.3 Å². The number of sulfone groups is 1. The predicted molar refractivity (Wildman–Crippen MR) is 85.2 cm³/mol. The van der Waals surface area contributed by atoms with E-state index in [9.17, 15) is 13.7 Å². The lowest BCUT2D eigenvalue weighted by molar-refractivity contribution is 0.414.